The van der Waals surface area contributed by atoms with E-state index in [9.17, 15) is 4.79 Å². The molecule has 0 saturated carbocycles. The topological polar surface area (TPSA) is 38.8 Å². The minimum Gasteiger partial charge on any atom is -0.444 e. The van der Waals surface area contributed by atoms with Gasteiger partial charge in [-0.3, -0.25) is 4.90 Å². The van der Waals surface area contributed by atoms with Crippen molar-refractivity contribution >= 4 is 34.6 Å². The van der Waals surface area contributed by atoms with Gasteiger partial charge in [0.2, 0.25) is 0 Å². The summed E-state index contributed by atoms with van der Waals surface area (Å²) in [5, 5.41) is 0. The molecule has 0 aromatic carbocycles. The molecule has 120 valence electrons. The molecule has 2 atom stereocenters. The van der Waals surface area contributed by atoms with Gasteiger partial charge >= 0.3 is 6.09 Å². The van der Waals surface area contributed by atoms with Gasteiger partial charge in [0.05, 0.1) is 29.6 Å². The third kappa shape index (κ3) is 3.31. The Bertz CT molecular complexity index is 605. The number of rotatable bonds is 1. The first kappa shape index (κ1) is 15.8. The summed E-state index contributed by atoms with van der Waals surface area (Å²) in [5.41, 5.74) is 0.757. The number of carbonyl (C=O) groups excluding carboxylic acids is 1. The summed E-state index contributed by atoms with van der Waals surface area (Å²) in [5.74, 6) is 0. The number of hydrogen-bond donors (Lipinski definition) is 0. The highest BCUT2D eigenvalue weighted by Crippen LogP contribution is 2.37. The minimum absolute atomic E-state index is 0.0227. The zero-order valence-corrected chi connectivity index (χ0v) is 14.5. The molecule has 2 aliphatic heterocycles. The Labute approximate surface area is 139 Å². The van der Waals surface area contributed by atoms with Crippen molar-refractivity contribution in [3.63, 3.8) is 0 Å². The molecular formula is C16H20ClNO3S. The summed E-state index contributed by atoms with van der Waals surface area (Å²) >= 11 is 7.61. The Morgan fingerprint density at radius 1 is 1.41 bits per heavy atom. The number of amides is 1. The smallest absolute Gasteiger partial charge is 0.411 e. The first-order valence-corrected chi connectivity index (χ1v) is 8.58. The van der Waals surface area contributed by atoms with Crippen LogP contribution in [0.1, 0.15) is 32.1 Å². The van der Waals surface area contributed by atoms with Crippen LogP contribution in [-0.4, -0.2) is 41.9 Å². The normalized spacial score (nSPS) is 24.9. The Hall–Kier alpha value is -1.04. The van der Waals surface area contributed by atoms with Gasteiger partial charge in [-0.15, -0.1) is 11.3 Å². The van der Waals surface area contributed by atoms with Gasteiger partial charge in [-0.25, -0.2) is 4.79 Å². The summed E-state index contributed by atoms with van der Waals surface area (Å²) in [7, 11) is 0. The van der Waals surface area contributed by atoms with Crippen LogP contribution < -0.4 is 0 Å². The van der Waals surface area contributed by atoms with Crippen molar-refractivity contribution in [1.82, 2.24) is 4.90 Å². The second-order valence-corrected chi connectivity index (χ2v) is 8.36. The standard InChI is InChI=1S/C16H20ClNO3S/c1-16(2,3)21-15(19)18-11-6-10(7-12(18)9-20-8-11)13-4-5-14(17)22-13/h4-6,11-12H,7-9H2,1-3H3. The van der Waals surface area contributed by atoms with E-state index in [0.29, 0.717) is 13.2 Å². The van der Waals surface area contributed by atoms with Crippen molar-refractivity contribution in [2.45, 2.75) is 44.9 Å². The van der Waals surface area contributed by atoms with Crippen LogP contribution in [0.4, 0.5) is 4.79 Å². The fraction of sp³-hybridized carbons (Fsp3) is 0.562. The molecule has 1 fully saturated rings. The predicted molar refractivity (Wildman–Crippen MR) is 88.4 cm³/mol. The number of ether oxygens (including phenoxy) is 2. The molecule has 6 heteroatoms. The molecule has 0 radical (unpaired) electrons. The highest BCUT2D eigenvalue weighted by atomic mass is 35.5. The maximum Gasteiger partial charge on any atom is 0.411 e. The monoisotopic (exact) mass is 341 g/mol. The van der Waals surface area contributed by atoms with E-state index in [4.69, 9.17) is 21.1 Å². The van der Waals surface area contributed by atoms with E-state index in [0.717, 1.165) is 10.8 Å². The van der Waals surface area contributed by atoms with Crippen LogP contribution in [0.25, 0.3) is 5.57 Å². The third-order valence-corrected chi connectivity index (χ3v) is 5.00. The summed E-state index contributed by atoms with van der Waals surface area (Å²) < 4.78 is 11.9. The minimum atomic E-state index is -0.489. The summed E-state index contributed by atoms with van der Waals surface area (Å²) in [6.45, 7) is 6.71. The number of halogens is 1. The van der Waals surface area contributed by atoms with Crippen molar-refractivity contribution in [3.8, 4) is 0 Å². The highest BCUT2D eigenvalue weighted by Gasteiger charge is 2.40. The summed E-state index contributed by atoms with van der Waals surface area (Å²) in [6.07, 6.45) is 2.62. The van der Waals surface area contributed by atoms with Gasteiger partial charge in [0.15, 0.2) is 0 Å². The predicted octanol–water partition coefficient (Wildman–Crippen LogP) is 4.19. The second-order valence-electron chi connectivity index (χ2n) is 6.65. The van der Waals surface area contributed by atoms with Crippen LogP contribution >= 0.6 is 22.9 Å². The molecule has 1 aromatic rings. The lowest BCUT2D eigenvalue weighted by molar-refractivity contribution is -0.0510. The first-order valence-electron chi connectivity index (χ1n) is 7.39. The van der Waals surface area contributed by atoms with Gasteiger partial charge in [-0.1, -0.05) is 17.7 Å². The molecule has 1 amide bonds. The average molecular weight is 342 g/mol. The molecular weight excluding hydrogens is 322 g/mol. The van der Waals surface area contributed by atoms with Gasteiger partial charge in [0.25, 0.3) is 0 Å². The van der Waals surface area contributed by atoms with E-state index in [1.54, 1.807) is 11.3 Å². The van der Waals surface area contributed by atoms with Crippen molar-refractivity contribution in [3.05, 3.63) is 27.4 Å². The zero-order valence-electron chi connectivity index (χ0n) is 13.0. The van der Waals surface area contributed by atoms with Gasteiger partial charge in [-0.05, 0) is 44.9 Å². The lowest BCUT2D eigenvalue weighted by atomic mass is 9.93. The molecule has 1 saturated heterocycles. The number of morpholine rings is 1. The number of hydrogen-bond acceptors (Lipinski definition) is 4. The maximum atomic E-state index is 12.5. The van der Waals surface area contributed by atoms with Crippen LogP contribution in [0, 0.1) is 0 Å². The van der Waals surface area contributed by atoms with Crippen LogP contribution in [0.5, 0.6) is 0 Å². The van der Waals surface area contributed by atoms with Gasteiger partial charge in [0.1, 0.15) is 5.60 Å². The summed E-state index contributed by atoms with van der Waals surface area (Å²) in [4.78, 5) is 15.5. The maximum absolute atomic E-state index is 12.5. The van der Waals surface area contributed by atoms with Crippen LogP contribution in [0.15, 0.2) is 18.2 Å². The van der Waals surface area contributed by atoms with E-state index in [1.807, 2.05) is 37.8 Å². The molecule has 2 aliphatic rings. The molecule has 3 rings (SSSR count). The number of nitrogens with zero attached hydrogens (tertiary/aromatic N) is 1. The molecule has 3 heterocycles. The van der Waals surface area contributed by atoms with Crippen molar-refractivity contribution in [2.75, 3.05) is 13.2 Å². The molecule has 0 N–H and O–H groups in total. The van der Waals surface area contributed by atoms with Crippen LogP contribution in [0.3, 0.4) is 0 Å². The highest BCUT2D eigenvalue weighted by molar-refractivity contribution is 7.17. The number of carbonyl (C=O) groups is 1. The largest absolute Gasteiger partial charge is 0.444 e. The van der Waals surface area contributed by atoms with E-state index >= 15 is 0 Å². The van der Waals surface area contributed by atoms with E-state index in [2.05, 4.69) is 6.08 Å². The molecule has 2 bridgehead atoms. The molecule has 1 aromatic heterocycles. The number of thiophene rings is 1. The Balaban J connectivity index is 1.84. The fourth-order valence-corrected chi connectivity index (χ4v) is 3.94. The first-order chi connectivity index (χ1) is 10.3. The Kier molecular flexibility index (Phi) is 4.23. The molecule has 22 heavy (non-hydrogen) atoms. The van der Waals surface area contributed by atoms with Gasteiger partial charge < -0.3 is 9.47 Å². The van der Waals surface area contributed by atoms with Crippen molar-refractivity contribution in [1.29, 1.82) is 0 Å². The quantitative estimate of drug-likeness (QED) is 0.768. The van der Waals surface area contributed by atoms with Crippen LogP contribution in [0.2, 0.25) is 4.34 Å². The van der Waals surface area contributed by atoms with E-state index < -0.39 is 5.60 Å². The van der Waals surface area contributed by atoms with Crippen molar-refractivity contribution < 1.29 is 14.3 Å². The average Bonchev–Trinajstić information content (AvgIpc) is 2.81. The Morgan fingerprint density at radius 3 is 2.77 bits per heavy atom. The lowest BCUT2D eigenvalue weighted by Gasteiger charge is -2.44. The lowest BCUT2D eigenvalue weighted by Crippen LogP contribution is -2.57. The van der Waals surface area contributed by atoms with Crippen LogP contribution in [-0.2, 0) is 9.47 Å². The fourth-order valence-electron chi connectivity index (χ4n) is 2.86. The van der Waals surface area contributed by atoms with E-state index in [-0.39, 0.29) is 18.2 Å². The summed E-state index contributed by atoms with van der Waals surface area (Å²) in [6, 6.07) is 3.90. The van der Waals surface area contributed by atoms with Crippen molar-refractivity contribution in [2.24, 2.45) is 0 Å². The molecule has 2 unspecified atom stereocenters. The second kappa shape index (κ2) is 5.87. The number of fused-ring (bicyclic) bond motifs is 2. The SMILES string of the molecule is CC(C)(C)OC(=O)N1C2C=C(c3ccc(Cl)s3)CC1COC2. The molecule has 0 spiro atoms. The third-order valence-electron chi connectivity index (χ3n) is 3.69. The van der Waals surface area contributed by atoms with Gasteiger partial charge in [0, 0.05) is 4.88 Å². The molecule has 4 nitrogen and oxygen atoms in total. The van der Waals surface area contributed by atoms with Gasteiger partial charge in [-0.2, -0.15) is 0 Å². The zero-order chi connectivity index (χ0) is 15.9. The molecule has 0 aliphatic carbocycles. The Morgan fingerprint density at radius 2 is 2.18 bits per heavy atom. The van der Waals surface area contributed by atoms with E-state index in [1.165, 1.54) is 10.5 Å².